The van der Waals surface area contributed by atoms with Gasteiger partial charge in [-0.25, -0.2) is 4.79 Å². The molecule has 0 aliphatic heterocycles. The number of nitrogens with zero attached hydrogens (tertiary/aromatic N) is 1. The van der Waals surface area contributed by atoms with Crippen LogP contribution in [0.15, 0.2) is 57.9 Å². The van der Waals surface area contributed by atoms with Gasteiger partial charge in [0.15, 0.2) is 0 Å². The van der Waals surface area contributed by atoms with Crippen LogP contribution in [0.4, 0.5) is 5.69 Å². The minimum Gasteiger partial charge on any atom is -0.478 e. The first-order chi connectivity index (χ1) is 11.9. The third-order valence-electron chi connectivity index (χ3n) is 3.86. The maximum absolute atomic E-state index is 11.0. The van der Waals surface area contributed by atoms with Crippen LogP contribution in [-0.4, -0.2) is 17.3 Å². The first-order valence-electron chi connectivity index (χ1n) is 7.68. The van der Waals surface area contributed by atoms with Crippen molar-refractivity contribution < 1.29 is 14.3 Å². The third-order valence-corrected chi connectivity index (χ3v) is 4.53. The molecule has 0 radical (unpaired) electrons. The molecular weight excluding hydrogens is 429 g/mol. The van der Waals surface area contributed by atoms with Crippen LogP contribution in [0.1, 0.15) is 27.2 Å². The first-order valence-corrected chi connectivity index (χ1v) is 8.76. The number of carbonyl (C=O) groups is 1. The van der Waals surface area contributed by atoms with Crippen molar-refractivity contribution in [3.05, 3.63) is 74.6 Å². The molecule has 0 aliphatic rings. The van der Waals surface area contributed by atoms with E-state index >= 15 is 0 Å². The number of furan rings is 1. The molecule has 0 saturated heterocycles. The molecule has 3 rings (SSSR count). The van der Waals surface area contributed by atoms with Crippen LogP contribution < -0.4 is 0 Å². The number of benzene rings is 2. The number of aromatic carboxylic acids is 1. The van der Waals surface area contributed by atoms with E-state index in [-0.39, 0.29) is 5.56 Å². The van der Waals surface area contributed by atoms with Crippen LogP contribution in [0.2, 0.25) is 0 Å². The minimum absolute atomic E-state index is 0.267. The fourth-order valence-corrected chi connectivity index (χ4v) is 3.18. The van der Waals surface area contributed by atoms with Crippen molar-refractivity contribution >= 4 is 40.5 Å². The van der Waals surface area contributed by atoms with Gasteiger partial charge in [-0.2, -0.15) is 0 Å². The Morgan fingerprint density at radius 1 is 1.08 bits per heavy atom. The summed E-state index contributed by atoms with van der Waals surface area (Å²) in [5, 5.41) is 9.05. The lowest BCUT2D eigenvalue weighted by Gasteiger charge is -2.04. The average molecular weight is 445 g/mol. The Hall–Kier alpha value is -2.41. The fourth-order valence-electron chi connectivity index (χ4n) is 2.54. The Labute approximate surface area is 159 Å². The second-order valence-electron chi connectivity index (χ2n) is 5.73. The number of hydrogen-bond acceptors (Lipinski definition) is 3. The molecule has 0 spiro atoms. The van der Waals surface area contributed by atoms with Gasteiger partial charge in [0.2, 0.25) is 0 Å². The molecular formula is C20H16INO3. The quantitative estimate of drug-likeness (QED) is 0.419. The number of halogens is 1. The molecule has 0 atom stereocenters. The van der Waals surface area contributed by atoms with Crippen LogP contribution in [0.3, 0.4) is 0 Å². The van der Waals surface area contributed by atoms with Gasteiger partial charge in [-0.05, 0) is 90.0 Å². The van der Waals surface area contributed by atoms with Gasteiger partial charge in [0.25, 0.3) is 0 Å². The zero-order valence-electron chi connectivity index (χ0n) is 13.8. The second-order valence-corrected chi connectivity index (χ2v) is 6.97. The summed E-state index contributed by atoms with van der Waals surface area (Å²) in [7, 11) is 0. The van der Waals surface area contributed by atoms with Crippen molar-refractivity contribution in [2.45, 2.75) is 13.8 Å². The summed E-state index contributed by atoms with van der Waals surface area (Å²) in [6, 6.07) is 14.8. The number of rotatable bonds is 4. The molecule has 0 fully saturated rings. The fraction of sp³-hybridized carbons (Fsp3) is 0.100. The lowest BCUT2D eigenvalue weighted by molar-refractivity contribution is 0.0697. The van der Waals surface area contributed by atoms with Gasteiger partial charge < -0.3 is 9.52 Å². The highest BCUT2D eigenvalue weighted by molar-refractivity contribution is 14.1. The Morgan fingerprint density at radius 3 is 2.56 bits per heavy atom. The van der Waals surface area contributed by atoms with Gasteiger partial charge in [0, 0.05) is 9.13 Å². The summed E-state index contributed by atoms with van der Waals surface area (Å²) in [6.07, 6.45) is 1.69. The van der Waals surface area contributed by atoms with E-state index in [0.29, 0.717) is 11.5 Å². The summed E-state index contributed by atoms with van der Waals surface area (Å²) in [4.78, 5) is 15.5. The van der Waals surface area contributed by atoms with Gasteiger partial charge >= 0.3 is 5.97 Å². The highest BCUT2D eigenvalue weighted by Gasteiger charge is 2.10. The number of hydrogen-bond donors (Lipinski definition) is 1. The lowest BCUT2D eigenvalue weighted by Crippen LogP contribution is -1.96. The smallest absolute Gasteiger partial charge is 0.335 e. The topological polar surface area (TPSA) is 62.8 Å². The molecule has 1 aromatic heterocycles. The van der Waals surface area contributed by atoms with Crippen molar-refractivity contribution in [3.8, 4) is 11.3 Å². The standard InChI is InChI=1S/C20H16INO3/c1-12-9-14(20(23)24)3-6-17(12)19-8-5-16(25-19)11-22-18-7-4-15(21)10-13(18)2/h3-11H,1-2H3,(H,23,24). The molecule has 126 valence electrons. The van der Waals surface area contributed by atoms with Crippen molar-refractivity contribution in [2.24, 2.45) is 4.99 Å². The van der Waals surface area contributed by atoms with Crippen molar-refractivity contribution in [3.63, 3.8) is 0 Å². The maximum Gasteiger partial charge on any atom is 0.335 e. The SMILES string of the molecule is Cc1cc(I)ccc1N=Cc1ccc(-c2ccc(C(=O)O)cc2C)o1. The molecule has 3 aromatic rings. The van der Waals surface area contributed by atoms with E-state index in [1.807, 2.05) is 38.1 Å². The molecule has 2 aromatic carbocycles. The third kappa shape index (κ3) is 3.99. The first kappa shape index (κ1) is 17.4. The number of aliphatic imine (C=N–C) groups is 1. The zero-order chi connectivity index (χ0) is 18.0. The van der Waals surface area contributed by atoms with E-state index < -0.39 is 5.97 Å². The van der Waals surface area contributed by atoms with Crippen LogP contribution in [0.25, 0.3) is 11.3 Å². The van der Waals surface area contributed by atoms with Crippen molar-refractivity contribution in [1.82, 2.24) is 0 Å². The molecule has 0 aliphatic carbocycles. The molecule has 1 N–H and O–H groups in total. The van der Waals surface area contributed by atoms with E-state index in [1.165, 1.54) is 3.57 Å². The highest BCUT2D eigenvalue weighted by atomic mass is 127. The van der Waals surface area contributed by atoms with E-state index in [4.69, 9.17) is 9.52 Å². The van der Waals surface area contributed by atoms with Gasteiger partial charge in [-0.15, -0.1) is 0 Å². The molecule has 1 heterocycles. The molecule has 0 amide bonds. The molecule has 0 saturated carbocycles. The Bertz CT molecular complexity index is 973. The van der Waals surface area contributed by atoms with E-state index in [0.717, 1.165) is 22.4 Å². The molecule has 25 heavy (non-hydrogen) atoms. The van der Waals surface area contributed by atoms with E-state index in [9.17, 15) is 4.79 Å². The van der Waals surface area contributed by atoms with Crippen molar-refractivity contribution in [1.29, 1.82) is 0 Å². The zero-order valence-corrected chi connectivity index (χ0v) is 15.9. The number of aryl methyl sites for hydroxylation is 2. The highest BCUT2D eigenvalue weighted by Crippen LogP contribution is 2.27. The summed E-state index contributed by atoms with van der Waals surface area (Å²) in [6.45, 7) is 3.89. The summed E-state index contributed by atoms with van der Waals surface area (Å²) < 4.78 is 7.01. The average Bonchev–Trinajstić information content (AvgIpc) is 3.02. The number of carboxylic acid groups (broad SMARTS) is 1. The van der Waals surface area contributed by atoms with Crippen LogP contribution >= 0.6 is 22.6 Å². The second kappa shape index (κ2) is 7.23. The maximum atomic E-state index is 11.0. The monoisotopic (exact) mass is 445 g/mol. The van der Waals surface area contributed by atoms with Gasteiger partial charge in [0.05, 0.1) is 17.5 Å². The Balaban J connectivity index is 1.85. The Kier molecular flexibility index (Phi) is 5.03. The van der Waals surface area contributed by atoms with E-state index in [1.54, 1.807) is 24.4 Å². The minimum atomic E-state index is -0.935. The summed E-state index contributed by atoms with van der Waals surface area (Å²) >= 11 is 2.27. The predicted molar refractivity (Wildman–Crippen MR) is 107 cm³/mol. The van der Waals surface area contributed by atoms with Crippen LogP contribution in [0.5, 0.6) is 0 Å². The summed E-state index contributed by atoms with van der Waals surface area (Å²) in [5.74, 6) is 0.402. The van der Waals surface area contributed by atoms with E-state index in [2.05, 4.69) is 33.6 Å². The number of carboxylic acids is 1. The largest absolute Gasteiger partial charge is 0.478 e. The Morgan fingerprint density at radius 2 is 1.88 bits per heavy atom. The van der Waals surface area contributed by atoms with Gasteiger partial charge in [0.1, 0.15) is 11.5 Å². The van der Waals surface area contributed by atoms with Gasteiger partial charge in [-0.3, -0.25) is 4.99 Å². The lowest BCUT2D eigenvalue weighted by atomic mass is 10.0. The molecule has 5 heteroatoms. The molecule has 0 bridgehead atoms. The predicted octanol–water partition coefficient (Wildman–Crippen LogP) is 5.62. The van der Waals surface area contributed by atoms with Gasteiger partial charge in [-0.1, -0.05) is 6.07 Å². The van der Waals surface area contributed by atoms with Crippen LogP contribution in [-0.2, 0) is 0 Å². The molecule has 0 unspecified atom stereocenters. The van der Waals surface area contributed by atoms with Crippen LogP contribution in [0, 0.1) is 17.4 Å². The normalized spacial score (nSPS) is 11.2. The molecule has 4 nitrogen and oxygen atoms in total. The summed E-state index contributed by atoms with van der Waals surface area (Å²) in [5.41, 5.74) is 4.00. The van der Waals surface area contributed by atoms with Crippen molar-refractivity contribution in [2.75, 3.05) is 0 Å².